The first-order chi connectivity index (χ1) is 24.9. The Labute approximate surface area is 304 Å². The van der Waals surface area contributed by atoms with E-state index in [2.05, 4.69) is 167 Å². The van der Waals surface area contributed by atoms with Crippen molar-refractivity contribution in [2.24, 2.45) is 0 Å². The molecule has 0 bridgehead atoms. The van der Waals surface area contributed by atoms with Crippen LogP contribution < -0.4 is 15.2 Å². The van der Waals surface area contributed by atoms with E-state index >= 15 is 0 Å². The molecule has 2 heterocycles. The van der Waals surface area contributed by atoms with Crippen LogP contribution in [0.15, 0.2) is 140 Å². The quantitative estimate of drug-likeness (QED) is 0.126. The van der Waals surface area contributed by atoms with E-state index in [-0.39, 0.29) is 24.3 Å². The molecule has 2 aliphatic rings. The van der Waals surface area contributed by atoms with Crippen molar-refractivity contribution in [3.05, 3.63) is 162 Å². The summed E-state index contributed by atoms with van der Waals surface area (Å²) >= 11 is 0. The van der Waals surface area contributed by atoms with Crippen molar-refractivity contribution >= 4 is 19.8 Å². The molecule has 0 saturated carbocycles. The van der Waals surface area contributed by atoms with Gasteiger partial charge in [0, 0.05) is 38.6 Å². The number of anilines is 2. The molecule has 0 radical (unpaired) electrons. The van der Waals surface area contributed by atoms with Gasteiger partial charge in [-0.25, -0.2) is 9.34 Å². The Morgan fingerprint density at radius 3 is 1.41 bits per heavy atom. The molecule has 5 aromatic rings. The van der Waals surface area contributed by atoms with E-state index in [1.807, 2.05) is 20.2 Å². The third kappa shape index (κ3) is 8.47. The molecule has 2 aliphatic heterocycles. The molecule has 2 fully saturated rings. The second-order valence-electron chi connectivity index (χ2n) is 13.8. The van der Waals surface area contributed by atoms with Crippen molar-refractivity contribution in [2.45, 2.75) is 69.9 Å². The van der Waals surface area contributed by atoms with Gasteiger partial charge < -0.3 is 24.6 Å². The van der Waals surface area contributed by atoms with E-state index in [0.29, 0.717) is 13.1 Å². The molecule has 264 valence electrons. The molecule has 5 atom stereocenters. The maximum absolute atomic E-state index is 7.35. The lowest BCUT2D eigenvalue weighted by molar-refractivity contribution is -0.155. The summed E-state index contributed by atoms with van der Waals surface area (Å²) in [4.78, 5) is 0. The zero-order chi connectivity index (χ0) is 35.2. The Kier molecular flexibility index (Phi) is 11.0. The minimum atomic E-state index is -1.44. The number of hydrogen-bond acceptors (Lipinski definition) is 7. The highest BCUT2D eigenvalue weighted by Gasteiger charge is 2.57. The van der Waals surface area contributed by atoms with Gasteiger partial charge in [0.2, 0.25) is 8.45 Å². The van der Waals surface area contributed by atoms with Gasteiger partial charge in [-0.05, 0) is 85.3 Å². The van der Waals surface area contributed by atoms with Crippen LogP contribution in [0.5, 0.6) is 5.75 Å². The summed E-state index contributed by atoms with van der Waals surface area (Å²) in [5.41, 5.74) is 7.09. The molecular weight excluding hydrogens is 651 g/mol. The lowest BCUT2D eigenvalue weighted by atomic mass is 9.91. The van der Waals surface area contributed by atoms with E-state index in [0.717, 1.165) is 30.0 Å². The van der Waals surface area contributed by atoms with E-state index < -0.39 is 14.2 Å². The molecule has 8 heteroatoms. The second-order valence-corrected chi connectivity index (χ2v) is 15.5. The van der Waals surface area contributed by atoms with E-state index in [1.165, 1.54) is 22.3 Å². The highest BCUT2D eigenvalue weighted by molar-refractivity contribution is 7.47. The Hall–Kier alpha value is -4.23. The number of nitrogens with zero attached hydrogens (tertiary/aromatic N) is 2. The monoisotopic (exact) mass is 700 g/mol. The molecule has 0 aliphatic carbocycles. The fourth-order valence-electron chi connectivity index (χ4n) is 7.37. The predicted molar refractivity (Wildman–Crippen MR) is 209 cm³/mol. The van der Waals surface area contributed by atoms with E-state index in [9.17, 15) is 0 Å². The zero-order valence-electron chi connectivity index (χ0n) is 30.0. The second kappa shape index (κ2) is 16.0. The zero-order valence-corrected chi connectivity index (χ0v) is 30.9. The highest BCUT2D eigenvalue weighted by atomic mass is 31.2. The third-order valence-corrected chi connectivity index (χ3v) is 11.9. The van der Waals surface area contributed by atoms with Gasteiger partial charge >= 0.3 is 0 Å². The fraction of sp³-hybridized carbons (Fsp3) is 0.302. The molecule has 2 N–H and O–H groups in total. The van der Waals surface area contributed by atoms with Crippen LogP contribution in [-0.2, 0) is 35.4 Å². The number of rotatable bonds is 12. The van der Waals surface area contributed by atoms with Gasteiger partial charge in [0.1, 0.15) is 18.0 Å². The summed E-state index contributed by atoms with van der Waals surface area (Å²) in [5.74, 6) is 0.0902. The molecule has 0 spiro atoms. The van der Waals surface area contributed by atoms with Crippen LogP contribution in [0.2, 0.25) is 0 Å². The van der Waals surface area contributed by atoms with Gasteiger partial charge in [0.25, 0.3) is 0 Å². The SMILES string of the molecule is CNc1cccc(CN2[C@H](Cc3ccccc3)[C@@H]3OC(C)(C)O[C@H]3[C@H](Cc3ccccc3)N(Cc3cccc(NC)c3)P2Oc2ccccc2)c1. The van der Waals surface area contributed by atoms with Crippen molar-refractivity contribution in [3.63, 3.8) is 0 Å². The van der Waals surface area contributed by atoms with Crippen LogP contribution in [0.3, 0.4) is 0 Å². The summed E-state index contributed by atoms with van der Waals surface area (Å²) in [6, 6.07) is 49.2. The average molecular weight is 701 g/mol. The third-order valence-electron chi connectivity index (χ3n) is 9.75. The highest BCUT2D eigenvalue weighted by Crippen LogP contribution is 2.56. The summed E-state index contributed by atoms with van der Waals surface area (Å²) < 4.78 is 26.7. The first-order valence-corrected chi connectivity index (χ1v) is 19.1. The predicted octanol–water partition coefficient (Wildman–Crippen LogP) is 9.14. The first kappa shape index (κ1) is 35.2. The minimum absolute atomic E-state index is 0.0563. The Morgan fingerprint density at radius 2 is 0.980 bits per heavy atom. The summed E-state index contributed by atoms with van der Waals surface area (Å²) in [5, 5.41) is 6.70. The smallest absolute Gasteiger partial charge is 0.249 e. The molecule has 1 unspecified atom stereocenters. The van der Waals surface area contributed by atoms with Crippen molar-refractivity contribution in [2.75, 3.05) is 24.7 Å². The van der Waals surface area contributed by atoms with Crippen LogP contribution in [0.4, 0.5) is 11.4 Å². The number of benzene rings is 5. The lowest BCUT2D eigenvalue weighted by Gasteiger charge is -2.42. The summed E-state index contributed by atoms with van der Waals surface area (Å²) in [6.07, 6.45) is 1.12. The summed E-state index contributed by atoms with van der Waals surface area (Å²) in [6.45, 7) is 5.46. The average Bonchev–Trinajstić information content (AvgIpc) is 3.46. The van der Waals surface area contributed by atoms with Gasteiger partial charge in [-0.2, -0.15) is 0 Å². The molecule has 7 nitrogen and oxygen atoms in total. The normalized spacial score (nSPS) is 23.3. The van der Waals surface area contributed by atoms with Gasteiger partial charge in [-0.3, -0.25) is 0 Å². The lowest BCUT2D eigenvalue weighted by Crippen LogP contribution is -2.48. The van der Waals surface area contributed by atoms with Gasteiger partial charge in [0.05, 0.1) is 12.1 Å². The number of para-hydroxylation sites is 1. The number of fused-ring (bicyclic) bond motifs is 1. The number of ether oxygens (including phenoxy) is 2. The number of hydrogen-bond donors (Lipinski definition) is 2. The van der Waals surface area contributed by atoms with Crippen molar-refractivity contribution in [1.82, 2.24) is 9.34 Å². The van der Waals surface area contributed by atoms with Crippen molar-refractivity contribution in [1.29, 1.82) is 0 Å². The van der Waals surface area contributed by atoms with E-state index in [1.54, 1.807) is 0 Å². The van der Waals surface area contributed by atoms with Gasteiger partial charge in [-0.1, -0.05) is 103 Å². The molecule has 5 aromatic carbocycles. The van der Waals surface area contributed by atoms with Gasteiger partial charge in [0.15, 0.2) is 5.79 Å². The molecule has 0 amide bonds. The molecular formula is C43H49N4O3P. The molecule has 7 rings (SSSR count). The van der Waals surface area contributed by atoms with Crippen LogP contribution in [0.25, 0.3) is 0 Å². The standard InChI is InChI=1S/C43H49N4O3P/c1-43(2)48-41-39(28-32-16-8-5-9-17-32)46(30-34-20-14-22-36(26-34)44-3)51(50-38-24-12-7-13-25-38)47(31-35-21-15-23-37(27-35)45-4)40(42(41)49-43)29-33-18-10-6-11-19-33/h5-27,39-42,44-45H,28-31H2,1-4H3/t39-,40+,41-,42-,51?/m0/s1. The number of nitrogens with one attached hydrogen (secondary N) is 2. The molecule has 51 heavy (non-hydrogen) atoms. The first-order valence-electron chi connectivity index (χ1n) is 17.9. The van der Waals surface area contributed by atoms with E-state index in [4.69, 9.17) is 14.0 Å². The van der Waals surface area contributed by atoms with Crippen LogP contribution in [0, 0.1) is 0 Å². The Bertz CT molecular complexity index is 1730. The van der Waals surface area contributed by atoms with Crippen LogP contribution in [-0.4, -0.2) is 53.5 Å². The Morgan fingerprint density at radius 1 is 0.569 bits per heavy atom. The fourth-order valence-corrected chi connectivity index (χ4v) is 9.68. The van der Waals surface area contributed by atoms with Crippen LogP contribution >= 0.6 is 8.45 Å². The van der Waals surface area contributed by atoms with Crippen molar-refractivity contribution < 1.29 is 14.0 Å². The molecule has 2 saturated heterocycles. The Balaban J connectivity index is 1.44. The summed E-state index contributed by atoms with van der Waals surface area (Å²) in [7, 11) is 2.51. The van der Waals surface area contributed by atoms with Crippen LogP contribution in [0.1, 0.15) is 36.1 Å². The van der Waals surface area contributed by atoms with Crippen molar-refractivity contribution in [3.8, 4) is 5.75 Å². The maximum atomic E-state index is 7.35. The minimum Gasteiger partial charge on any atom is -0.444 e. The largest absolute Gasteiger partial charge is 0.444 e. The van der Waals surface area contributed by atoms with Gasteiger partial charge in [-0.15, -0.1) is 0 Å². The topological polar surface area (TPSA) is 58.2 Å². The molecule has 0 aromatic heterocycles. The maximum Gasteiger partial charge on any atom is 0.249 e.